The van der Waals surface area contributed by atoms with E-state index in [0.29, 0.717) is 17.9 Å². The number of carboxylic acid groups (broad SMARTS) is 1. The number of carboxylic acids is 1. The predicted octanol–water partition coefficient (Wildman–Crippen LogP) is 4.31. The van der Waals surface area contributed by atoms with Gasteiger partial charge in [-0.2, -0.15) is 12.6 Å². The number of hydrogen-bond acceptors (Lipinski definition) is 4. The molecule has 7 heteroatoms. The fourth-order valence-electron chi connectivity index (χ4n) is 5.04. The Morgan fingerprint density at radius 1 is 0.912 bits per heavy atom. The van der Waals surface area contributed by atoms with E-state index in [1.807, 2.05) is 78.9 Å². The maximum atomic E-state index is 13.6. The van der Waals surface area contributed by atoms with Crippen LogP contribution >= 0.6 is 12.6 Å². The number of hydrogen-bond donors (Lipinski definition) is 3. The molecule has 0 saturated carbocycles. The van der Waals surface area contributed by atoms with Crippen LogP contribution in [-0.4, -0.2) is 31.1 Å². The van der Waals surface area contributed by atoms with Crippen LogP contribution in [0.1, 0.15) is 34.3 Å². The third kappa shape index (κ3) is 3.62. The molecule has 5 rings (SSSR count). The number of imidazole rings is 1. The van der Waals surface area contributed by atoms with E-state index >= 15 is 0 Å². The van der Waals surface area contributed by atoms with Crippen molar-refractivity contribution in [3.63, 3.8) is 0 Å². The van der Waals surface area contributed by atoms with Crippen LogP contribution in [0, 0.1) is 0 Å². The number of aromatic nitrogens is 2. The maximum absolute atomic E-state index is 13.6. The van der Waals surface area contributed by atoms with Crippen LogP contribution in [0.15, 0.2) is 83.7 Å². The van der Waals surface area contributed by atoms with Gasteiger partial charge in [0, 0.05) is 5.75 Å². The lowest BCUT2D eigenvalue weighted by Crippen LogP contribution is -2.31. The molecule has 0 amide bonds. The molecule has 0 radical (unpaired) electrons. The number of thiol groups is 1. The van der Waals surface area contributed by atoms with Gasteiger partial charge in [0.05, 0.1) is 17.7 Å². The zero-order chi connectivity index (χ0) is 23.8. The second kappa shape index (κ2) is 8.91. The molecular weight excluding hydrogens is 448 g/mol. The van der Waals surface area contributed by atoms with Gasteiger partial charge >= 0.3 is 11.7 Å². The molecule has 1 aromatic heterocycles. The summed E-state index contributed by atoms with van der Waals surface area (Å²) in [4.78, 5) is 25.4. The maximum Gasteiger partial charge on any atom is 0.332 e. The van der Waals surface area contributed by atoms with E-state index in [2.05, 4.69) is 12.6 Å². The van der Waals surface area contributed by atoms with Crippen LogP contribution in [0.4, 0.5) is 0 Å². The predicted molar refractivity (Wildman–Crippen MR) is 134 cm³/mol. The van der Waals surface area contributed by atoms with Crippen molar-refractivity contribution in [1.82, 2.24) is 9.13 Å². The number of rotatable bonds is 7. The lowest BCUT2D eigenvalue weighted by atomic mass is 9.93. The first-order chi connectivity index (χ1) is 16.5. The molecule has 172 valence electrons. The van der Waals surface area contributed by atoms with Crippen LogP contribution in [0.5, 0.6) is 5.88 Å². The fraction of sp³-hybridized carbons (Fsp3) is 0.185. The summed E-state index contributed by atoms with van der Waals surface area (Å²) in [6.45, 7) is -0.541. The number of nitrogens with zero attached hydrogens (tertiary/aromatic N) is 2. The largest absolute Gasteiger partial charge is 0.493 e. The van der Waals surface area contributed by atoms with Crippen molar-refractivity contribution >= 4 is 18.6 Å². The third-order valence-electron chi connectivity index (χ3n) is 6.48. The Labute approximate surface area is 202 Å². The van der Waals surface area contributed by atoms with Gasteiger partial charge in [0.2, 0.25) is 5.88 Å². The van der Waals surface area contributed by atoms with Crippen molar-refractivity contribution in [2.24, 2.45) is 0 Å². The van der Waals surface area contributed by atoms with Crippen molar-refractivity contribution in [1.29, 1.82) is 0 Å². The van der Waals surface area contributed by atoms with Gasteiger partial charge in [0.25, 0.3) is 0 Å². The molecule has 1 atom stereocenters. The molecule has 1 aliphatic carbocycles. The van der Waals surface area contributed by atoms with E-state index in [4.69, 9.17) is 0 Å². The average Bonchev–Trinajstić information content (AvgIpc) is 3.29. The quantitative estimate of drug-likeness (QED) is 0.308. The standard InChI is InChI=1S/C27H24N2O4S/c30-23(31)15-28-25(24-21-12-6-4-10-19(21)20-11-5-7-13-22(20)24)26(32)29(27(28)33)18(16-34)14-17-8-2-1-3-9-17/h1-13,18,24,32,34H,14-16H2,(H,30,31). The molecule has 0 aliphatic heterocycles. The summed E-state index contributed by atoms with van der Waals surface area (Å²) in [6, 6.07) is 24.9. The number of aliphatic carboxylic acids is 1. The summed E-state index contributed by atoms with van der Waals surface area (Å²) in [5.74, 6) is -1.52. The molecule has 0 spiro atoms. The first kappa shape index (κ1) is 22.1. The molecule has 0 fully saturated rings. The summed E-state index contributed by atoms with van der Waals surface area (Å²) in [5, 5.41) is 21.1. The van der Waals surface area contributed by atoms with Crippen molar-refractivity contribution in [3.8, 4) is 17.0 Å². The number of carbonyl (C=O) groups is 1. The molecule has 1 unspecified atom stereocenters. The minimum Gasteiger partial charge on any atom is -0.493 e. The Hall–Kier alpha value is -3.71. The van der Waals surface area contributed by atoms with Crippen molar-refractivity contribution in [2.75, 3.05) is 5.75 Å². The fourth-order valence-corrected chi connectivity index (χ4v) is 5.34. The van der Waals surface area contributed by atoms with Crippen molar-refractivity contribution in [3.05, 3.63) is 112 Å². The lowest BCUT2D eigenvalue weighted by Gasteiger charge is -2.18. The highest BCUT2D eigenvalue weighted by atomic mass is 32.1. The Kier molecular flexibility index (Phi) is 5.79. The zero-order valence-corrected chi connectivity index (χ0v) is 19.2. The molecule has 1 aliphatic rings. The number of aromatic hydroxyl groups is 1. The van der Waals surface area contributed by atoms with E-state index < -0.39 is 30.2 Å². The van der Waals surface area contributed by atoms with Gasteiger partial charge in [-0.05, 0) is 34.2 Å². The zero-order valence-electron chi connectivity index (χ0n) is 18.3. The van der Waals surface area contributed by atoms with Crippen LogP contribution < -0.4 is 5.69 Å². The molecule has 6 nitrogen and oxygen atoms in total. The summed E-state index contributed by atoms with van der Waals surface area (Å²) >= 11 is 4.47. The highest BCUT2D eigenvalue weighted by molar-refractivity contribution is 7.80. The average molecular weight is 473 g/mol. The van der Waals surface area contributed by atoms with Crippen LogP contribution in [0.25, 0.3) is 11.1 Å². The Morgan fingerprint density at radius 2 is 1.47 bits per heavy atom. The van der Waals surface area contributed by atoms with Crippen LogP contribution in [0.2, 0.25) is 0 Å². The molecule has 0 saturated heterocycles. The van der Waals surface area contributed by atoms with E-state index in [1.165, 1.54) is 9.13 Å². The molecular formula is C27H24N2O4S. The lowest BCUT2D eigenvalue weighted by molar-refractivity contribution is -0.137. The Bertz CT molecular complexity index is 1380. The van der Waals surface area contributed by atoms with Crippen molar-refractivity contribution < 1.29 is 15.0 Å². The highest BCUT2D eigenvalue weighted by Crippen LogP contribution is 2.49. The van der Waals surface area contributed by atoms with Gasteiger partial charge in [0.15, 0.2) is 0 Å². The van der Waals surface area contributed by atoms with Crippen LogP contribution in [-0.2, 0) is 17.8 Å². The van der Waals surface area contributed by atoms with Gasteiger partial charge in [-0.1, -0.05) is 78.9 Å². The first-order valence-corrected chi connectivity index (χ1v) is 11.7. The Morgan fingerprint density at radius 3 is 2.03 bits per heavy atom. The van der Waals surface area contributed by atoms with E-state index in [0.717, 1.165) is 27.8 Å². The monoisotopic (exact) mass is 472 g/mol. The summed E-state index contributed by atoms with van der Waals surface area (Å²) < 4.78 is 2.50. The summed E-state index contributed by atoms with van der Waals surface area (Å²) in [5.41, 5.74) is 4.63. The number of fused-ring (bicyclic) bond motifs is 3. The highest BCUT2D eigenvalue weighted by Gasteiger charge is 2.37. The molecule has 0 bridgehead atoms. The van der Waals surface area contributed by atoms with Gasteiger partial charge in [0.1, 0.15) is 6.54 Å². The minimum absolute atomic E-state index is 0.210. The topological polar surface area (TPSA) is 84.5 Å². The number of benzene rings is 3. The molecule has 4 aromatic rings. The van der Waals surface area contributed by atoms with E-state index in [-0.39, 0.29) is 5.88 Å². The van der Waals surface area contributed by atoms with Gasteiger partial charge in [-0.25, -0.2) is 4.79 Å². The first-order valence-electron chi connectivity index (χ1n) is 11.1. The second-order valence-electron chi connectivity index (χ2n) is 8.47. The molecule has 34 heavy (non-hydrogen) atoms. The van der Waals surface area contributed by atoms with Gasteiger partial charge in [-0.15, -0.1) is 0 Å². The van der Waals surface area contributed by atoms with E-state index in [9.17, 15) is 19.8 Å². The molecule has 3 aromatic carbocycles. The third-order valence-corrected chi connectivity index (χ3v) is 6.90. The summed E-state index contributed by atoms with van der Waals surface area (Å²) in [7, 11) is 0. The molecule has 1 heterocycles. The van der Waals surface area contributed by atoms with Gasteiger partial charge < -0.3 is 10.2 Å². The van der Waals surface area contributed by atoms with Gasteiger partial charge in [-0.3, -0.25) is 13.9 Å². The minimum atomic E-state index is -1.15. The second-order valence-corrected chi connectivity index (χ2v) is 8.84. The van der Waals surface area contributed by atoms with Crippen LogP contribution in [0.3, 0.4) is 0 Å². The Balaban J connectivity index is 1.72. The normalized spacial score (nSPS) is 13.4. The smallest absolute Gasteiger partial charge is 0.332 e. The molecule has 2 N–H and O–H groups in total. The SMILES string of the molecule is O=C(O)Cn1c(C2c3ccccc3-c3ccccc32)c(O)n(C(CS)Cc2ccccc2)c1=O. The van der Waals surface area contributed by atoms with E-state index in [1.54, 1.807) is 0 Å². The summed E-state index contributed by atoms with van der Waals surface area (Å²) in [6.07, 6.45) is 0.478. The van der Waals surface area contributed by atoms with Crippen molar-refractivity contribution in [2.45, 2.75) is 24.9 Å².